The van der Waals surface area contributed by atoms with Gasteiger partial charge in [-0.3, -0.25) is 0 Å². The Labute approximate surface area is 294 Å². The molecule has 0 saturated carbocycles. The fraction of sp³-hybridized carbons (Fsp3) is 0.256. The Kier molecular flexibility index (Phi) is 9.27. The van der Waals surface area contributed by atoms with Crippen molar-refractivity contribution in [2.45, 2.75) is 57.1 Å². The van der Waals surface area contributed by atoms with Gasteiger partial charge < -0.3 is 19.5 Å². The molecule has 1 aliphatic heterocycles. The van der Waals surface area contributed by atoms with E-state index in [-0.39, 0.29) is 18.1 Å². The molecule has 7 nitrogen and oxygen atoms in total. The second-order valence-corrected chi connectivity index (χ2v) is 13.1. The van der Waals surface area contributed by atoms with Crippen LogP contribution in [0, 0.1) is 5.92 Å². The maximum atomic E-state index is 6.88. The molecule has 0 radical (unpaired) electrons. The highest BCUT2D eigenvalue weighted by atomic mass is 16.6. The first kappa shape index (κ1) is 33.3. The van der Waals surface area contributed by atoms with E-state index in [0.717, 1.165) is 51.2 Å². The standard InChI is InChI=1S/C43H44N4O3/c1-6-32-27-37(40-42(4,30(3)38(7-2)50-40)49-28-31-17-11-8-12-18-31)47-39(32)41(44-29-45-47)46-43(33-19-13-9-14-20-33,34-21-15-10-16-22-34)35-23-25-36(48-5)26-24-35/h6,8-27,29-30,38,40H,1,7,28H2,2-5H3,(H,44,45,46)/t30-,38-,40+,42-/m1/s1. The second kappa shape index (κ2) is 13.9. The van der Waals surface area contributed by atoms with Gasteiger partial charge in [-0.1, -0.05) is 130 Å². The number of rotatable bonds is 12. The molecule has 1 aliphatic rings. The number of benzene rings is 4. The van der Waals surface area contributed by atoms with Crippen LogP contribution in [0.1, 0.15) is 66.8 Å². The number of aromatic nitrogens is 3. The van der Waals surface area contributed by atoms with Crippen LogP contribution in [0.15, 0.2) is 134 Å². The summed E-state index contributed by atoms with van der Waals surface area (Å²) in [4.78, 5) is 4.92. The van der Waals surface area contributed by atoms with Crippen molar-refractivity contribution in [3.8, 4) is 5.75 Å². The highest BCUT2D eigenvalue weighted by Gasteiger charge is 2.53. The molecule has 1 fully saturated rings. The summed E-state index contributed by atoms with van der Waals surface area (Å²) in [7, 11) is 1.68. The van der Waals surface area contributed by atoms with Gasteiger partial charge in [0.2, 0.25) is 0 Å². The van der Waals surface area contributed by atoms with Crippen molar-refractivity contribution in [2.24, 2.45) is 5.92 Å². The Morgan fingerprint density at radius 1 is 0.900 bits per heavy atom. The number of nitrogens with one attached hydrogen (secondary N) is 1. The SMILES string of the molecule is C=Cc1cc([C@@H]2O[C@H](CC)[C@@H](C)[C@@]2(C)OCc2ccccc2)n2ncnc(NC(c3ccccc3)(c3ccccc3)c3ccc(OC)cc3)c12. The average Bonchev–Trinajstić information content (AvgIpc) is 3.68. The van der Waals surface area contributed by atoms with Crippen molar-refractivity contribution < 1.29 is 14.2 Å². The normalized spacial score (nSPS) is 20.5. The van der Waals surface area contributed by atoms with Crippen LogP contribution < -0.4 is 10.1 Å². The highest BCUT2D eigenvalue weighted by molar-refractivity contribution is 5.82. The zero-order valence-electron chi connectivity index (χ0n) is 29.1. The molecular formula is C43H44N4O3. The minimum Gasteiger partial charge on any atom is -0.497 e. The van der Waals surface area contributed by atoms with E-state index >= 15 is 0 Å². The molecule has 1 N–H and O–H groups in total. The molecule has 254 valence electrons. The van der Waals surface area contributed by atoms with E-state index in [2.05, 4.69) is 112 Å². The second-order valence-electron chi connectivity index (χ2n) is 13.1. The van der Waals surface area contributed by atoms with E-state index in [9.17, 15) is 0 Å². The summed E-state index contributed by atoms with van der Waals surface area (Å²) >= 11 is 0. The zero-order valence-corrected chi connectivity index (χ0v) is 29.1. The number of ether oxygens (including phenoxy) is 3. The lowest BCUT2D eigenvalue weighted by atomic mass is 9.77. The van der Waals surface area contributed by atoms with Crippen LogP contribution in [-0.4, -0.2) is 33.4 Å². The smallest absolute Gasteiger partial charge is 0.155 e. The van der Waals surface area contributed by atoms with Gasteiger partial charge in [-0.2, -0.15) is 5.10 Å². The molecule has 7 rings (SSSR count). The largest absolute Gasteiger partial charge is 0.497 e. The fourth-order valence-electron chi connectivity index (χ4n) is 7.51. The predicted molar refractivity (Wildman–Crippen MR) is 199 cm³/mol. The van der Waals surface area contributed by atoms with Gasteiger partial charge in [-0.25, -0.2) is 9.50 Å². The molecule has 7 heteroatoms. The summed E-state index contributed by atoms with van der Waals surface area (Å²) in [6.07, 6.45) is 3.99. The molecule has 1 saturated heterocycles. The Hall–Kier alpha value is -5.24. The van der Waals surface area contributed by atoms with Crippen molar-refractivity contribution in [1.82, 2.24) is 14.6 Å². The van der Waals surface area contributed by atoms with Gasteiger partial charge >= 0.3 is 0 Å². The van der Waals surface area contributed by atoms with Crippen molar-refractivity contribution in [2.75, 3.05) is 12.4 Å². The fourth-order valence-corrected chi connectivity index (χ4v) is 7.51. The van der Waals surface area contributed by atoms with E-state index in [1.165, 1.54) is 0 Å². The van der Waals surface area contributed by atoms with E-state index in [0.29, 0.717) is 12.4 Å². The van der Waals surface area contributed by atoms with E-state index in [4.69, 9.17) is 24.3 Å². The van der Waals surface area contributed by atoms with E-state index in [1.54, 1.807) is 13.4 Å². The number of hydrogen-bond acceptors (Lipinski definition) is 6. The van der Waals surface area contributed by atoms with Gasteiger partial charge in [-0.05, 0) is 53.8 Å². The van der Waals surface area contributed by atoms with E-state index < -0.39 is 11.1 Å². The first-order valence-electron chi connectivity index (χ1n) is 17.3. The molecule has 3 heterocycles. The summed E-state index contributed by atoms with van der Waals surface area (Å²) in [5.41, 5.74) is 5.42. The van der Waals surface area contributed by atoms with Crippen LogP contribution in [0.2, 0.25) is 0 Å². The number of nitrogens with zero attached hydrogens (tertiary/aromatic N) is 3. The number of hydrogen-bond donors (Lipinski definition) is 1. The maximum Gasteiger partial charge on any atom is 0.155 e. The van der Waals surface area contributed by atoms with Gasteiger partial charge in [0.25, 0.3) is 0 Å². The third-order valence-corrected chi connectivity index (χ3v) is 10.4. The average molecular weight is 665 g/mol. The zero-order chi connectivity index (χ0) is 34.7. The summed E-state index contributed by atoms with van der Waals surface area (Å²) in [5.74, 6) is 1.58. The molecule has 4 atom stereocenters. The van der Waals surface area contributed by atoms with Crippen molar-refractivity contribution in [3.05, 3.63) is 168 Å². The molecule has 2 aromatic heterocycles. The molecule has 50 heavy (non-hydrogen) atoms. The minimum atomic E-state index is -0.828. The van der Waals surface area contributed by atoms with Gasteiger partial charge in [0.1, 0.15) is 34.8 Å². The summed E-state index contributed by atoms with van der Waals surface area (Å²) < 4.78 is 21.2. The summed E-state index contributed by atoms with van der Waals surface area (Å²) in [6, 6.07) is 41.6. The molecule has 0 unspecified atom stereocenters. The quantitative estimate of drug-likeness (QED) is 0.132. The molecule has 0 amide bonds. The van der Waals surface area contributed by atoms with Gasteiger partial charge in [0.15, 0.2) is 5.82 Å². The lowest BCUT2D eigenvalue weighted by Gasteiger charge is -2.37. The summed E-state index contributed by atoms with van der Waals surface area (Å²) in [6.45, 7) is 11.3. The third-order valence-electron chi connectivity index (χ3n) is 10.4. The monoisotopic (exact) mass is 664 g/mol. The number of anilines is 1. The van der Waals surface area contributed by atoms with Gasteiger partial charge in [0.05, 0.1) is 25.5 Å². The van der Waals surface area contributed by atoms with Crippen molar-refractivity contribution >= 4 is 17.4 Å². The first-order valence-corrected chi connectivity index (χ1v) is 17.3. The summed E-state index contributed by atoms with van der Waals surface area (Å²) in [5, 5.41) is 8.82. The maximum absolute atomic E-state index is 6.88. The Morgan fingerprint density at radius 3 is 2.08 bits per heavy atom. The van der Waals surface area contributed by atoms with Gasteiger partial charge in [0, 0.05) is 11.5 Å². The third kappa shape index (κ3) is 5.76. The Bertz CT molecular complexity index is 2010. The Morgan fingerprint density at radius 2 is 1.50 bits per heavy atom. The van der Waals surface area contributed by atoms with Crippen LogP contribution in [0.25, 0.3) is 11.6 Å². The topological polar surface area (TPSA) is 69.9 Å². The number of fused-ring (bicyclic) bond motifs is 1. The lowest BCUT2D eigenvalue weighted by Crippen LogP contribution is -2.39. The highest BCUT2D eigenvalue weighted by Crippen LogP contribution is 2.50. The van der Waals surface area contributed by atoms with Crippen LogP contribution in [-0.2, 0) is 21.6 Å². The molecule has 0 aliphatic carbocycles. The molecule has 0 spiro atoms. The van der Waals surface area contributed by atoms with Crippen LogP contribution in [0.5, 0.6) is 5.75 Å². The first-order chi connectivity index (χ1) is 24.4. The lowest BCUT2D eigenvalue weighted by molar-refractivity contribution is -0.107. The number of methoxy groups -OCH3 is 1. The predicted octanol–water partition coefficient (Wildman–Crippen LogP) is 9.25. The molecule has 0 bridgehead atoms. The van der Waals surface area contributed by atoms with Gasteiger partial charge in [-0.15, -0.1) is 0 Å². The minimum absolute atomic E-state index is 0.0248. The van der Waals surface area contributed by atoms with E-state index in [1.807, 2.05) is 53.1 Å². The molecular weight excluding hydrogens is 620 g/mol. The molecule has 6 aromatic rings. The van der Waals surface area contributed by atoms with Crippen LogP contribution in [0.4, 0.5) is 5.82 Å². The van der Waals surface area contributed by atoms with Crippen LogP contribution >= 0.6 is 0 Å². The van der Waals surface area contributed by atoms with Crippen molar-refractivity contribution in [1.29, 1.82) is 0 Å². The Balaban J connectivity index is 1.39. The molecule has 4 aromatic carbocycles. The van der Waals surface area contributed by atoms with Crippen molar-refractivity contribution in [3.63, 3.8) is 0 Å². The van der Waals surface area contributed by atoms with Crippen LogP contribution in [0.3, 0.4) is 0 Å².